The Morgan fingerprint density at radius 3 is 2.69 bits per heavy atom. The maximum atomic E-state index is 13.7. The van der Waals surface area contributed by atoms with E-state index in [1.807, 2.05) is 61.5 Å². The summed E-state index contributed by atoms with van der Waals surface area (Å²) < 4.78 is 0. The van der Waals surface area contributed by atoms with Crippen molar-refractivity contribution in [2.45, 2.75) is 38.6 Å². The maximum Gasteiger partial charge on any atom is 0.266 e. The van der Waals surface area contributed by atoms with E-state index < -0.39 is 0 Å². The van der Waals surface area contributed by atoms with Crippen LogP contribution in [-0.4, -0.2) is 44.9 Å². The zero-order chi connectivity index (χ0) is 24.4. The Morgan fingerprint density at radius 2 is 1.86 bits per heavy atom. The molecule has 4 aromatic rings. The van der Waals surface area contributed by atoms with Gasteiger partial charge in [0.1, 0.15) is 10.7 Å². The number of benzene rings is 2. The van der Waals surface area contributed by atoms with Crippen molar-refractivity contribution in [2.75, 3.05) is 6.54 Å². The number of aromatic nitrogens is 2. The van der Waals surface area contributed by atoms with Crippen molar-refractivity contribution in [1.82, 2.24) is 14.9 Å². The van der Waals surface area contributed by atoms with Crippen LogP contribution < -0.4 is 0 Å². The third-order valence-corrected chi connectivity index (χ3v) is 7.37. The number of ketones is 2. The fraction of sp³-hybridized carbons (Fsp3) is 0.250. The van der Waals surface area contributed by atoms with Gasteiger partial charge >= 0.3 is 0 Å². The highest BCUT2D eigenvalue weighted by Crippen LogP contribution is 2.32. The molecule has 1 fully saturated rings. The third kappa shape index (κ3) is 4.77. The van der Waals surface area contributed by atoms with Crippen LogP contribution in [0.2, 0.25) is 0 Å². The summed E-state index contributed by atoms with van der Waals surface area (Å²) >= 11 is 1.37. The second-order valence-electron chi connectivity index (χ2n) is 8.76. The van der Waals surface area contributed by atoms with Gasteiger partial charge in [0, 0.05) is 54.6 Å². The molecule has 5 rings (SSSR count). The molecule has 1 saturated heterocycles. The molecule has 0 saturated carbocycles. The molecular weight excluding hydrogens is 458 g/mol. The summed E-state index contributed by atoms with van der Waals surface area (Å²) in [6, 6.07) is 18.7. The minimum Gasteiger partial charge on any atom is -0.334 e. The van der Waals surface area contributed by atoms with Crippen molar-refractivity contribution in [3.8, 4) is 11.3 Å². The fourth-order valence-electron chi connectivity index (χ4n) is 4.68. The lowest BCUT2D eigenvalue weighted by molar-refractivity contribution is -0.122. The van der Waals surface area contributed by atoms with E-state index in [2.05, 4.69) is 9.97 Å². The number of carbonyl (C=O) groups excluding carboxylic acids is 3. The monoisotopic (exact) mass is 483 g/mol. The Morgan fingerprint density at radius 1 is 1.06 bits per heavy atom. The summed E-state index contributed by atoms with van der Waals surface area (Å²) in [5, 5.41) is 1.73. The van der Waals surface area contributed by atoms with Gasteiger partial charge in [-0.15, -0.1) is 11.3 Å². The number of Topliss-reactive ketones (excluding diaryl/α,β-unsaturated/α-hetero) is 2. The molecule has 0 unspecified atom stereocenters. The predicted molar refractivity (Wildman–Crippen MR) is 137 cm³/mol. The molecular formula is C28H25N3O3S. The Balaban J connectivity index is 1.38. The molecule has 0 bridgehead atoms. The number of aryl methyl sites for hydroxylation is 1. The van der Waals surface area contributed by atoms with E-state index in [1.54, 1.807) is 17.2 Å². The molecule has 0 radical (unpaired) electrons. The number of likely N-dealkylation sites (tertiary alicyclic amines) is 1. The van der Waals surface area contributed by atoms with E-state index in [0.717, 1.165) is 16.0 Å². The smallest absolute Gasteiger partial charge is 0.266 e. The molecule has 1 atom stereocenters. The van der Waals surface area contributed by atoms with Crippen LogP contribution >= 0.6 is 11.3 Å². The van der Waals surface area contributed by atoms with Crippen LogP contribution in [0.5, 0.6) is 0 Å². The fourth-order valence-corrected chi connectivity index (χ4v) is 5.58. The van der Waals surface area contributed by atoms with Crippen LogP contribution in [0.4, 0.5) is 0 Å². The molecule has 0 spiro atoms. The van der Waals surface area contributed by atoms with Gasteiger partial charge in [-0.3, -0.25) is 19.4 Å². The number of rotatable bonds is 6. The Labute approximate surface area is 207 Å². The molecule has 1 aliphatic heterocycles. The number of fused-ring (bicyclic) bond motifs is 1. The number of hydrogen-bond acceptors (Lipinski definition) is 6. The number of carbonyl (C=O) groups is 3. The van der Waals surface area contributed by atoms with Gasteiger partial charge in [0.15, 0.2) is 5.78 Å². The number of nitrogens with zero attached hydrogens (tertiary/aromatic N) is 3. The molecule has 7 heteroatoms. The van der Waals surface area contributed by atoms with Crippen LogP contribution in [-0.2, 0) is 4.79 Å². The van der Waals surface area contributed by atoms with Crippen LogP contribution in [0, 0.1) is 6.92 Å². The first kappa shape index (κ1) is 23.1. The predicted octanol–water partition coefficient (Wildman–Crippen LogP) is 5.50. The Bertz CT molecular complexity index is 1410. The number of pyridine rings is 1. The van der Waals surface area contributed by atoms with Gasteiger partial charge in [0.2, 0.25) is 0 Å². The number of hydrogen-bond donors (Lipinski definition) is 0. The molecule has 176 valence electrons. The van der Waals surface area contributed by atoms with E-state index in [9.17, 15) is 14.4 Å². The first-order valence-corrected chi connectivity index (χ1v) is 12.6. The number of piperidine rings is 1. The Hall–Kier alpha value is -3.71. The van der Waals surface area contributed by atoms with Crippen LogP contribution in [0.25, 0.3) is 22.2 Å². The quantitative estimate of drug-likeness (QED) is 0.338. The molecule has 0 N–H and O–H groups in total. The van der Waals surface area contributed by atoms with Crippen molar-refractivity contribution < 1.29 is 14.4 Å². The van der Waals surface area contributed by atoms with Crippen LogP contribution in [0.1, 0.15) is 50.7 Å². The lowest BCUT2D eigenvalue weighted by Crippen LogP contribution is -2.46. The summed E-state index contributed by atoms with van der Waals surface area (Å²) in [6.45, 7) is 2.25. The van der Waals surface area contributed by atoms with Crippen molar-refractivity contribution >= 4 is 39.7 Å². The van der Waals surface area contributed by atoms with E-state index in [4.69, 9.17) is 0 Å². The molecule has 1 amide bonds. The van der Waals surface area contributed by atoms with Gasteiger partial charge in [0.05, 0.1) is 16.2 Å². The van der Waals surface area contributed by atoms with Crippen molar-refractivity contribution in [3.05, 3.63) is 82.3 Å². The lowest BCUT2D eigenvalue weighted by Gasteiger charge is -2.35. The van der Waals surface area contributed by atoms with Gasteiger partial charge in [-0.1, -0.05) is 48.5 Å². The zero-order valence-electron chi connectivity index (χ0n) is 19.4. The van der Waals surface area contributed by atoms with Crippen molar-refractivity contribution in [2.24, 2.45) is 0 Å². The van der Waals surface area contributed by atoms with Gasteiger partial charge in [-0.2, -0.15) is 0 Å². The van der Waals surface area contributed by atoms with Crippen molar-refractivity contribution in [1.29, 1.82) is 0 Å². The summed E-state index contributed by atoms with van der Waals surface area (Å²) in [5.41, 5.74) is 2.82. The van der Waals surface area contributed by atoms with Crippen molar-refractivity contribution in [3.63, 3.8) is 0 Å². The number of amides is 1. The molecule has 2 aromatic heterocycles. The molecule has 1 aliphatic rings. The molecule has 3 heterocycles. The summed E-state index contributed by atoms with van der Waals surface area (Å²) in [4.78, 5) is 50.5. The van der Waals surface area contributed by atoms with E-state index in [-0.39, 0.29) is 36.4 Å². The SMILES string of the molecule is Cc1nc(-c2ccccc2)c(C(=O)N2CCC(=O)C[C@H]2CCC(=O)c2cccc3cccnc23)s1. The van der Waals surface area contributed by atoms with Crippen LogP contribution in [0.15, 0.2) is 66.9 Å². The van der Waals surface area contributed by atoms with Gasteiger partial charge in [-0.25, -0.2) is 4.98 Å². The number of thiazole rings is 1. The van der Waals surface area contributed by atoms with E-state index in [0.29, 0.717) is 41.0 Å². The molecule has 6 nitrogen and oxygen atoms in total. The largest absolute Gasteiger partial charge is 0.334 e. The number of para-hydroxylation sites is 1. The summed E-state index contributed by atoms with van der Waals surface area (Å²) in [5.74, 6) is -0.0216. The maximum absolute atomic E-state index is 13.7. The van der Waals surface area contributed by atoms with Gasteiger partial charge in [-0.05, 0) is 25.5 Å². The highest BCUT2D eigenvalue weighted by Gasteiger charge is 2.33. The highest BCUT2D eigenvalue weighted by molar-refractivity contribution is 7.14. The summed E-state index contributed by atoms with van der Waals surface area (Å²) in [7, 11) is 0. The first-order chi connectivity index (χ1) is 17.0. The van der Waals surface area contributed by atoms with Gasteiger partial charge < -0.3 is 4.90 Å². The minimum absolute atomic E-state index is 0.0293. The van der Waals surface area contributed by atoms with E-state index >= 15 is 0 Å². The first-order valence-electron chi connectivity index (χ1n) is 11.7. The lowest BCUT2D eigenvalue weighted by atomic mass is 9.93. The normalized spacial score (nSPS) is 16.0. The average Bonchev–Trinajstić information content (AvgIpc) is 3.28. The third-order valence-electron chi connectivity index (χ3n) is 6.41. The second-order valence-corrected chi connectivity index (χ2v) is 9.97. The topological polar surface area (TPSA) is 80.2 Å². The minimum atomic E-state index is -0.318. The second kappa shape index (κ2) is 9.88. The van der Waals surface area contributed by atoms with Crippen LogP contribution in [0.3, 0.4) is 0 Å². The molecule has 35 heavy (non-hydrogen) atoms. The molecule has 0 aliphatic carbocycles. The standard InChI is InChI=1S/C28H25N3O3S/c1-18-30-26(20-7-3-2-4-8-20)27(35-18)28(34)31-16-14-22(32)17-21(31)12-13-24(33)23-11-5-9-19-10-6-15-29-25(19)23/h2-11,15,21H,12-14,16-17H2,1H3/t21-/m1/s1. The van der Waals surface area contributed by atoms with E-state index in [1.165, 1.54) is 11.3 Å². The van der Waals surface area contributed by atoms with Gasteiger partial charge in [0.25, 0.3) is 5.91 Å². The Kier molecular flexibility index (Phi) is 6.51. The highest BCUT2D eigenvalue weighted by atomic mass is 32.1. The molecule has 2 aromatic carbocycles. The average molecular weight is 484 g/mol. The summed E-state index contributed by atoms with van der Waals surface area (Å²) in [6.07, 6.45) is 2.95. The zero-order valence-corrected chi connectivity index (χ0v) is 20.3.